The molecule has 0 amide bonds. The van der Waals surface area contributed by atoms with E-state index in [0.717, 1.165) is 6.07 Å². The molecule has 0 saturated heterocycles. The highest BCUT2D eigenvalue weighted by Crippen LogP contribution is 2.06. The molecule has 0 N–H and O–H groups in total. The first kappa shape index (κ1) is 9.42. The molecule has 5 heteroatoms. The normalized spacial score (nSPS) is 8.92. The number of hydrogen-bond acceptors (Lipinski definition) is 3. The average molecular weight is 197 g/mol. The summed E-state index contributed by atoms with van der Waals surface area (Å²) in [6, 6.07) is 6.64. The van der Waals surface area contributed by atoms with Gasteiger partial charge in [-0.15, -0.1) is 0 Å². The first-order valence-electron chi connectivity index (χ1n) is 3.28. The molecule has 0 atom stereocenters. The Balaban J connectivity index is 3.50. The maximum Gasteiger partial charge on any atom is 0.232 e. The highest BCUT2D eigenvalue weighted by molar-refractivity contribution is 7.74. The van der Waals surface area contributed by atoms with Crippen molar-refractivity contribution < 1.29 is 12.8 Å². The minimum atomic E-state index is -2.70. The van der Waals surface area contributed by atoms with E-state index < -0.39 is 21.0 Å². The lowest BCUT2D eigenvalue weighted by Crippen LogP contribution is -2.01. The molecule has 0 aliphatic heterocycles. The molecule has 3 nitrogen and oxygen atoms in total. The maximum atomic E-state index is 12.9. The van der Waals surface area contributed by atoms with Crippen molar-refractivity contribution in [3.05, 3.63) is 35.6 Å². The zero-order chi connectivity index (χ0) is 9.84. The third kappa shape index (κ3) is 1.92. The molecule has 0 bridgehead atoms. The summed E-state index contributed by atoms with van der Waals surface area (Å²) in [5.74, 6) is -0.719. The molecule has 0 fully saturated rings. The monoisotopic (exact) mass is 197 g/mol. The van der Waals surface area contributed by atoms with E-state index in [1.54, 1.807) is 0 Å². The molecule has 0 aromatic heterocycles. The van der Waals surface area contributed by atoms with E-state index in [0.29, 0.717) is 0 Å². The number of nitrogens with zero attached hydrogens (tertiary/aromatic N) is 1. The van der Waals surface area contributed by atoms with Crippen LogP contribution in [0, 0.1) is 17.1 Å². The van der Waals surface area contributed by atoms with Gasteiger partial charge in [-0.2, -0.15) is 13.7 Å². The van der Waals surface area contributed by atoms with Crippen molar-refractivity contribution in [1.29, 1.82) is 5.26 Å². The third-order valence-electron chi connectivity index (χ3n) is 1.39. The lowest BCUT2D eigenvalue weighted by molar-refractivity contribution is 0.622. The highest BCUT2D eigenvalue weighted by atomic mass is 32.2. The maximum absolute atomic E-state index is 12.9. The standard InChI is InChI=1S/C8H4FNO2S/c9-7-4-2-1-3-6(7)8(5-10)13(11)12/h1-4H. The SMILES string of the molecule is N#CC(c1ccccc1F)=S(=O)=O. The largest absolute Gasteiger partial charge is 0.232 e. The predicted octanol–water partition coefficient (Wildman–Crippen LogP) is 0.749. The summed E-state index contributed by atoms with van der Waals surface area (Å²) in [7, 11) is -2.70. The van der Waals surface area contributed by atoms with Crippen LogP contribution in [0.5, 0.6) is 0 Å². The van der Waals surface area contributed by atoms with Gasteiger partial charge in [0.15, 0.2) is 4.86 Å². The van der Waals surface area contributed by atoms with Gasteiger partial charge in [-0.1, -0.05) is 12.1 Å². The van der Waals surface area contributed by atoms with Crippen LogP contribution in [0.25, 0.3) is 0 Å². The van der Waals surface area contributed by atoms with Gasteiger partial charge in [0.05, 0.1) is 0 Å². The molecule has 0 aliphatic carbocycles. The van der Waals surface area contributed by atoms with Crippen LogP contribution in [0.1, 0.15) is 5.56 Å². The summed E-state index contributed by atoms with van der Waals surface area (Å²) < 4.78 is 33.9. The van der Waals surface area contributed by atoms with Gasteiger partial charge in [0.25, 0.3) is 0 Å². The number of hydrogen-bond donors (Lipinski definition) is 0. The molecule has 0 spiro atoms. The van der Waals surface area contributed by atoms with Crippen molar-refractivity contribution in [3.8, 4) is 6.07 Å². The summed E-state index contributed by atoms with van der Waals surface area (Å²) in [6.45, 7) is 0. The van der Waals surface area contributed by atoms with Crippen LogP contribution in [-0.2, 0) is 10.3 Å². The Hall–Kier alpha value is -1.67. The van der Waals surface area contributed by atoms with Crippen LogP contribution in [0.3, 0.4) is 0 Å². The van der Waals surface area contributed by atoms with Gasteiger partial charge in [-0.05, 0) is 12.1 Å². The van der Waals surface area contributed by atoms with Crippen LogP contribution in [0.4, 0.5) is 4.39 Å². The molecule has 0 radical (unpaired) electrons. The lowest BCUT2D eigenvalue weighted by Gasteiger charge is -1.94. The van der Waals surface area contributed by atoms with Crippen molar-refractivity contribution in [2.45, 2.75) is 0 Å². The van der Waals surface area contributed by atoms with Crippen molar-refractivity contribution in [2.24, 2.45) is 0 Å². The van der Waals surface area contributed by atoms with E-state index in [4.69, 9.17) is 5.26 Å². The Morgan fingerprint density at radius 3 is 2.46 bits per heavy atom. The number of nitriles is 1. The van der Waals surface area contributed by atoms with Crippen molar-refractivity contribution in [2.75, 3.05) is 0 Å². The van der Waals surface area contributed by atoms with Gasteiger partial charge in [-0.3, -0.25) is 0 Å². The summed E-state index contributed by atoms with van der Waals surface area (Å²) in [5, 5.41) is 8.43. The number of rotatable bonds is 1. The Morgan fingerprint density at radius 1 is 1.38 bits per heavy atom. The molecule has 1 rings (SSSR count). The Kier molecular flexibility index (Phi) is 2.77. The van der Waals surface area contributed by atoms with E-state index in [1.165, 1.54) is 24.3 Å². The van der Waals surface area contributed by atoms with E-state index in [1.807, 2.05) is 0 Å². The molecule has 0 saturated carbocycles. The number of halogens is 1. The van der Waals surface area contributed by atoms with Gasteiger partial charge in [0, 0.05) is 5.56 Å². The van der Waals surface area contributed by atoms with Gasteiger partial charge in [-0.25, -0.2) is 4.39 Å². The van der Waals surface area contributed by atoms with E-state index in [2.05, 4.69) is 0 Å². The van der Waals surface area contributed by atoms with E-state index in [-0.39, 0.29) is 5.56 Å². The first-order valence-corrected chi connectivity index (χ1v) is 4.35. The molecule has 0 heterocycles. The van der Waals surface area contributed by atoms with Gasteiger partial charge in [0.1, 0.15) is 11.9 Å². The van der Waals surface area contributed by atoms with E-state index >= 15 is 0 Å². The minimum absolute atomic E-state index is 0.196. The quantitative estimate of drug-likeness (QED) is 0.493. The third-order valence-corrected chi connectivity index (χ3v) is 2.03. The zero-order valence-electron chi connectivity index (χ0n) is 6.36. The Labute approximate surface area is 75.6 Å². The van der Waals surface area contributed by atoms with Crippen LogP contribution >= 0.6 is 0 Å². The van der Waals surface area contributed by atoms with Gasteiger partial charge in [0.2, 0.25) is 10.3 Å². The van der Waals surface area contributed by atoms with Gasteiger partial charge < -0.3 is 0 Å². The van der Waals surface area contributed by atoms with E-state index in [9.17, 15) is 12.8 Å². The average Bonchev–Trinajstić information content (AvgIpc) is 2.09. The van der Waals surface area contributed by atoms with Crippen LogP contribution in [0.2, 0.25) is 0 Å². The minimum Gasteiger partial charge on any atom is -0.206 e. The molecular weight excluding hydrogens is 193 g/mol. The smallest absolute Gasteiger partial charge is 0.206 e. The molecule has 1 aromatic carbocycles. The zero-order valence-corrected chi connectivity index (χ0v) is 7.18. The fraction of sp³-hybridized carbons (Fsp3) is 0. The molecule has 0 unspecified atom stereocenters. The summed E-state index contributed by atoms with van der Waals surface area (Å²) in [4.78, 5) is -0.585. The van der Waals surface area contributed by atoms with Crippen LogP contribution < -0.4 is 0 Å². The summed E-state index contributed by atoms with van der Waals surface area (Å²) >= 11 is 0. The fourth-order valence-electron chi connectivity index (χ4n) is 0.833. The number of benzene rings is 1. The second-order valence-electron chi connectivity index (χ2n) is 2.16. The Morgan fingerprint density at radius 2 is 2.00 bits per heavy atom. The van der Waals surface area contributed by atoms with Crippen LogP contribution in [-0.4, -0.2) is 13.3 Å². The molecule has 13 heavy (non-hydrogen) atoms. The van der Waals surface area contributed by atoms with Crippen molar-refractivity contribution in [3.63, 3.8) is 0 Å². The topological polar surface area (TPSA) is 57.9 Å². The molecular formula is C8H4FNO2S. The second kappa shape index (κ2) is 3.83. The summed E-state index contributed by atoms with van der Waals surface area (Å²) in [5.41, 5.74) is -0.196. The van der Waals surface area contributed by atoms with Gasteiger partial charge >= 0.3 is 0 Å². The highest BCUT2D eigenvalue weighted by Gasteiger charge is 2.08. The Bertz CT molecular complexity index is 491. The molecule has 0 aliphatic rings. The lowest BCUT2D eigenvalue weighted by atomic mass is 10.1. The first-order chi connectivity index (χ1) is 6.16. The van der Waals surface area contributed by atoms with Crippen LogP contribution in [0.15, 0.2) is 24.3 Å². The second-order valence-corrected chi connectivity index (χ2v) is 3.03. The summed E-state index contributed by atoms with van der Waals surface area (Å²) in [6.07, 6.45) is 0. The molecule has 1 aromatic rings. The van der Waals surface area contributed by atoms with Crippen molar-refractivity contribution >= 4 is 15.2 Å². The fourth-order valence-corrected chi connectivity index (χ4v) is 1.25. The molecule has 66 valence electrons. The predicted molar refractivity (Wildman–Crippen MR) is 45.0 cm³/mol. The van der Waals surface area contributed by atoms with Crippen molar-refractivity contribution in [1.82, 2.24) is 0 Å².